The number of nitrogens with one attached hydrogen (secondary N) is 1. The lowest BCUT2D eigenvalue weighted by Crippen LogP contribution is -2.07. The number of aromatic nitrogens is 3. The number of nitrogens with zero attached hydrogens (tertiary/aromatic N) is 3. The smallest absolute Gasteiger partial charge is 0.323 e. The summed E-state index contributed by atoms with van der Waals surface area (Å²) in [6.45, 7) is 3.43. The fraction of sp³-hybridized carbons (Fsp3) is 0.0455. The Bertz CT molecular complexity index is 1240. The lowest BCUT2D eigenvalue weighted by Gasteiger charge is -2.08. The van der Waals surface area contributed by atoms with Gasteiger partial charge in [-0.15, -0.1) is 0 Å². The number of pyridine rings is 1. The molecule has 0 unspecified atom stereocenters. The van der Waals surface area contributed by atoms with E-state index in [4.69, 9.17) is 0 Å². The van der Waals surface area contributed by atoms with Crippen molar-refractivity contribution >= 4 is 22.6 Å². The SMILES string of the molecule is C=CC(=O)Nc1cccc(-c2nn(-c3ccc(C(F)(F)F)cc3)c3ncccc23)c1. The summed E-state index contributed by atoms with van der Waals surface area (Å²) in [5, 5.41) is 8.02. The number of anilines is 1. The molecular formula is C22H15F3N4O. The molecule has 1 amide bonds. The van der Waals surface area contributed by atoms with Gasteiger partial charge in [0.25, 0.3) is 0 Å². The van der Waals surface area contributed by atoms with Gasteiger partial charge in [0.05, 0.1) is 11.3 Å². The van der Waals surface area contributed by atoms with Gasteiger partial charge in [0.15, 0.2) is 5.65 Å². The van der Waals surface area contributed by atoms with Crippen LogP contribution in [0.4, 0.5) is 18.9 Å². The van der Waals surface area contributed by atoms with E-state index in [1.54, 1.807) is 30.5 Å². The number of hydrogen-bond acceptors (Lipinski definition) is 3. The summed E-state index contributed by atoms with van der Waals surface area (Å²) in [7, 11) is 0. The van der Waals surface area contributed by atoms with Crippen molar-refractivity contribution in [3.8, 4) is 16.9 Å². The second kappa shape index (κ2) is 7.47. The zero-order valence-corrected chi connectivity index (χ0v) is 15.5. The standard InChI is InChI=1S/C22H15F3N4O/c1-2-19(30)27-16-6-3-5-14(13-16)20-18-7-4-12-26-21(18)29(28-20)17-10-8-15(9-11-17)22(23,24)25/h2-13H,1H2,(H,27,30). The predicted molar refractivity (Wildman–Crippen MR) is 108 cm³/mol. The molecule has 150 valence electrons. The zero-order chi connectivity index (χ0) is 21.3. The summed E-state index contributed by atoms with van der Waals surface area (Å²) in [6, 6.07) is 15.4. The number of fused-ring (bicyclic) bond motifs is 1. The Morgan fingerprint density at radius 3 is 2.53 bits per heavy atom. The Morgan fingerprint density at radius 2 is 1.83 bits per heavy atom. The summed E-state index contributed by atoms with van der Waals surface area (Å²) in [4.78, 5) is 15.9. The van der Waals surface area contributed by atoms with Crippen LogP contribution < -0.4 is 5.32 Å². The molecular weight excluding hydrogens is 393 g/mol. The maximum absolute atomic E-state index is 12.9. The number of amides is 1. The van der Waals surface area contributed by atoms with E-state index in [9.17, 15) is 18.0 Å². The Labute approximate surface area is 169 Å². The van der Waals surface area contributed by atoms with Crippen molar-refractivity contribution in [2.75, 3.05) is 5.32 Å². The lowest BCUT2D eigenvalue weighted by molar-refractivity contribution is -0.137. The molecule has 0 fully saturated rings. The van der Waals surface area contributed by atoms with Gasteiger partial charge in [-0.2, -0.15) is 18.3 Å². The summed E-state index contributed by atoms with van der Waals surface area (Å²) >= 11 is 0. The van der Waals surface area contributed by atoms with E-state index in [-0.39, 0.29) is 5.91 Å². The van der Waals surface area contributed by atoms with Crippen LogP contribution in [0.3, 0.4) is 0 Å². The largest absolute Gasteiger partial charge is 0.416 e. The Hall–Kier alpha value is -3.94. The number of benzene rings is 2. The second-order valence-corrected chi connectivity index (χ2v) is 6.45. The molecule has 0 aliphatic carbocycles. The van der Waals surface area contributed by atoms with Gasteiger partial charge in [-0.05, 0) is 54.6 Å². The first-order valence-electron chi connectivity index (χ1n) is 8.92. The monoisotopic (exact) mass is 408 g/mol. The number of alkyl halides is 3. The van der Waals surface area contributed by atoms with Crippen LogP contribution in [0.1, 0.15) is 5.56 Å². The summed E-state index contributed by atoms with van der Waals surface area (Å²) in [5.74, 6) is -0.339. The van der Waals surface area contributed by atoms with Crippen molar-refractivity contribution in [2.24, 2.45) is 0 Å². The van der Waals surface area contributed by atoms with Crippen LogP contribution >= 0.6 is 0 Å². The van der Waals surface area contributed by atoms with Crippen LogP contribution in [0.5, 0.6) is 0 Å². The van der Waals surface area contributed by atoms with Gasteiger partial charge in [0.1, 0.15) is 5.69 Å². The Kier molecular flexibility index (Phi) is 4.83. The highest BCUT2D eigenvalue weighted by Gasteiger charge is 2.30. The van der Waals surface area contributed by atoms with Crippen LogP contribution in [0, 0.1) is 0 Å². The Balaban J connectivity index is 1.81. The average molecular weight is 408 g/mol. The molecule has 0 radical (unpaired) electrons. The van der Waals surface area contributed by atoms with Crippen molar-refractivity contribution in [3.63, 3.8) is 0 Å². The topological polar surface area (TPSA) is 59.8 Å². The van der Waals surface area contributed by atoms with Crippen molar-refractivity contribution in [1.82, 2.24) is 14.8 Å². The molecule has 0 aliphatic rings. The summed E-state index contributed by atoms with van der Waals surface area (Å²) < 4.78 is 40.2. The van der Waals surface area contributed by atoms with Crippen LogP contribution in [0.25, 0.3) is 28.0 Å². The third-order valence-electron chi connectivity index (χ3n) is 4.47. The average Bonchev–Trinajstić information content (AvgIpc) is 3.13. The molecule has 0 spiro atoms. The van der Waals surface area contributed by atoms with Crippen molar-refractivity contribution in [3.05, 3.63) is 85.1 Å². The van der Waals surface area contributed by atoms with E-state index in [0.717, 1.165) is 23.1 Å². The molecule has 0 bridgehead atoms. The van der Waals surface area contributed by atoms with Crippen LogP contribution in [-0.4, -0.2) is 20.7 Å². The fourth-order valence-corrected chi connectivity index (χ4v) is 3.07. The minimum Gasteiger partial charge on any atom is -0.323 e. The summed E-state index contributed by atoms with van der Waals surface area (Å²) in [5.41, 5.74) is 2.11. The first-order valence-corrected chi connectivity index (χ1v) is 8.92. The molecule has 0 saturated heterocycles. The molecule has 0 atom stereocenters. The van der Waals surface area contributed by atoms with Crippen molar-refractivity contribution < 1.29 is 18.0 Å². The normalized spacial score (nSPS) is 11.4. The Morgan fingerprint density at radius 1 is 1.07 bits per heavy atom. The first kappa shape index (κ1) is 19.4. The van der Waals surface area contributed by atoms with Crippen LogP contribution in [0.2, 0.25) is 0 Å². The molecule has 2 aromatic heterocycles. The van der Waals surface area contributed by atoms with E-state index < -0.39 is 11.7 Å². The molecule has 5 nitrogen and oxygen atoms in total. The van der Waals surface area contributed by atoms with Gasteiger partial charge in [-0.3, -0.25) is 4.79 Å². The highest BCUT2D eigenvalue weighted by Crippen LogP contribution is 2.32. The molecule has 4 aromatic rings. The summed E-state index contributed by atoms with van der Waals surface area (Å²) in [6.07, 6.45) is -1.65. The van der Waals surface area contributed by atoms with Crippen LogP contribution in [-0.2, 0) is 11.0 Å². The van der Waals surface area contributed by atoms with Gasteiger partial charge < -0.3 is 5.32 Å². The number of carbonyl (C=O) groups excluding carboxylic acids is 1. The van der Waals surface area contributed by atoms with Gasteiger partial charge in [0.2, 0.25) is 5.91 Å². The molecule has 0 aliphatic heterocycles. The number of carbonyl (C=O) groups is 1. The van der Waals surface area contributed by atoms with Gasteiger partial charge in [0, 0.05) is 22.8 Å². The molecule has 0 saturated carbocycles. The fourth-order valence-electron chi connectivity index (χ4n) is 3.07. The van der Waals surface area contributed by atoms with Crippen molar-refractivity contribution in [1.29, 1.82) is 0 Å². The van der Waals surface area contributed by atoms with E-state index >= 15 is 0 Å². The maximum atomic E-state index is 12.9. The third-order valence-corrected chi connectivity index (χ3v) is 4.47. The number of rotatable bonds is 4. The highest BCUT2D eigenvalue weighted by molar-refractivity contribution is 6.00. The predicted octanol–water partition coefficient (Wildman–Crippen LogP) is 5.23. The number of halogens is 3. The zero-order valence-electron chi connectivity index (χ0n) is 15.5. The van der Waals surface area contributed by atoms with E-state index in [0.29, 0.717) is 22.7 Å². The third kappa shape index (κ3) is 3.67. The molecule has 30 heavy (non-hydrogen) atoms. The van der Waals surface area contributed by atoms with Gasteiger partial charge in [-0.1, -0.05) is 18.7 Å². The minimum absolute atomic E-state index is 0.339. The quantitative estimate of drug-likeness (QED) is 0.471. The molecule has 4 rings (SSSR count). The van der Waals surface area contributed by atoms with E-state index in [1.165, 1.54) is 22.9 Å². The van der Waals surface area contributed by atoms with Crippen molar-refractivity contribution in [2.45, 2.75) is 6.18 Å². The molecule has 1 N–H and O–H groups in total. The van der Waals surface area contributed by atoms with Gasteiger partial charge in [-0.25, -0.2) is 9.67 Å². The minimum atomic E-state index is -4.41. The van der Waals surface area contributed by atoms with Crippen LogP contribution in [0.15, 0.2) is 79.5 Å². The van der Waals surface area contributed by atoms with E-state index in [1.807, 2.05) is 12.1 Å². The van der Waals surface area contributed by atoms with Gasteiger partial charge >= 0.3 is 6.18 Å². The lowest BCUT2D eigenvalue weighted by atomic mass is 10.1. The number of hydrogen-bond donors (Lipinski definition) is 1. The first-order chi connectivity index (χ1) is 14.4. The maximum Gasteiger partial charge on any atom is 0.416 e. The highest BCUT2D eigenvalue weighted by atomic mass is 19.4. The second-order valence-electron chi connectivity index (χ2n) is 6.45. The molecule has 2 aromatic carbocycles. The molecule has 2 heterocycles. The van der Waals surface area contributed by atoms with E-state index in [2.05, 4.69) is 22.0 Å². The molecule has 8 heteroatoms.